The summed E-state index contributed by atoms with van der Waals surface area (Å²) in [4.78, 5) is 11.7. The summed E-state index contributed by atoms with van der Waals surface area (Å²) >= 11 is 0. The lowest BCUT2D eigenvalue weighted by molar-refractivity contribution is -0.117. The van der Waals surface area contributed by atoms with Gasteiger partial charge in [0.1, 0.15) is 0 Å². The van der Waals surface area contributed by atoms with Gasteiger partial charge in [-0.1, -0.05) is 37.4 Å². The van der Waals surface area contributed by atoms with Crippen molar-refractivity contribution >= 4 is 13.9 Å². The van der Waals surface area contributed by atoms with Crippen LogP contribution in [0.3, 0.4) is 0 Å². The highest BCUT2D eigenvalue weighted by atomic mass is 28.3. The van der Waals surface area contributed by atoms with Crippen molar-refractivity contribution in [3.8, 4) is 0 Å². The number of ketones is 1. The molecule has 0 amide bonds. The largest absolute Gasteiger partial charge is 0.388 e. The van der Waals surface area contributed by atoms with E-state index in [1.54, 1.807) is 0 Å². The Hall–Kier alpha value is -0.673. The Labute approximate surface area is 118 Å². The van der Waals surface area contributed by atoms with Gasteiger partial charge in [0.15, 0.2) is 5.78 Å². The molecule has 1 aliphatic rings. The number of rotatable bonds is 6. The van der Waals surface area contributed by atoms with E-state index < -0.39 is 14.2 Å². The van der Waals surface area contributed by atoms with E-state index in [-0.39, 0.29) is 5.78 Å². The summed E-state index contributed by atoms with van der Waals surface area (Å²) in [6.07, 6.45) is 7.71. The molecule has 19 heavy (non-hydrogen) atoms. The van der Waals surface area contributed by atoms with Gasteiger partial charge in [0.25, 0.3) is 0 Å². The maximum absolute atomic E-state index is 11.7. The number of hydrogen-bond acceptors (Lipinski definition) is 2. The average Bonchev–Trinajstić information content (AvgIpc) is 2.33. The zero-order valence-corrected chi connectivity index (χ0v) is 13.8. The first kappa shape index (κ1) is 16.4. The summed E-state index contributed by atoms with van der Waals surface area (Å²) in [5.74, 6) is 0.141. The van der Waals surface area contributed by atoms with E-state index >= 15 is 0 Å². The number of carbonyl (C=O) groups is 1. The van der Waals surface area contributed by atoms with Crippen LogP contribution in [0, 0.1) is 0 Å². The van der Waals surface area contributed by atoms with E-state index in [1.165, 1.54) is 11.6 Å². The van der Waals surface area contributed by atoms with Crippen molar-refractivity contribution in [2.45, 2.75) is 70.8 Å². The SMILES string of the molecule is C/C(=C\C[Si](C)(C)C)CC[C@H](O)C1=CCCCC1=O. The van der Waals surface area contributed by atoms with Crippen LogP contribution in [-0.4, -0.2) is 25.1 Å². The molecule has 2 nitrogen and oxygen atoms in total. The van der Waals surface area contributed by atoms with E-state index in [0.717, 1.165) is 19.3 Å². The first-order valence-corrected chi connectivity index (χ1v) is 11.1. The lowest BCUT2D eigenvalue weighted by Crippen LogP contribution is -2.20. The van der Waals surface area contributed by atoms with Crippen LogP contribution in [0.15, 0.2) is 23.3 Å². The Morgan fingerprint density at radius 2 is 2.16 bits per heavy atom. The van der Waals surface area contributed by atoms with Crippen molar-refractivity contribution in [3.05, 3.63) is 23.3 Å². The molecule has 0 heterocycles. The predicted molar refractivity (Wildman–Crippen MR) is 84.1 cm³/mol. The maximum atomic E-state index is 11.7. The molecule has 0 bridgehead atoms. The number of carbonyl (C=O) groups excluding carboxylic acids is 1. The molecule has 3 heteroatoms. The van der Waals surface area contributed by atoms with Gasteiger partial charge < -0.3 is 5.11 Å². The van der Waals surface area contributed by atoms with Crippen LogP contribution in [0.25, 0.3) is 0 Å². The van der Waals surface area contributed by atoms with E-state index in [9.17, 15) is 9.90 Å². The monoisotopic (exact) mass is 280 g/mol. The fourth-order valence-electron chi connectivity index (χ4n) is 2.20. The molecule has 1 aliphatic carbocycles. The van der Waals surface area contributed by atoms with Crippen LogP contribution >= 0.6 is 0 Å². The lowest BCUT2D eigenvalue weighted by Gasteiger charge is -2.18. The number of aliphatic hydroxyl groups is 1. The van der Waals surface area contributed by atoms with Gasteiger partial charge in [0.2, 0.25) is 0 Å². The predicted octanol–water partition coefficient (Wildman–Crippen LogP) is 4.09. The van der Waals surface area contributed by atoms with Crippen LogP contribution < -0.4 is 0 Å². The summed E-state index contributed by atoms with van der Waals surface area (Å²) in [6, 6.07) is 1.19. The van der Waals surface area contributed by atoms with Crippen molar-refractivity contribution in [3.63, 3.8) is 0 Å². The third-order valence-corrected chi connectivity index (χ3v) is 4.96. The van der Waals surface area contributed by atoms with Crippen LogP contribution in [0.4, 0.5) is 0 Å². The van der Waals surface area contributed by atoms with E-state index in [0.29, 0.717) is 18.4 Å². The van der Waals surface area contributed by atoms with Crippen molar-refractivity contribution in [2.24, 2.45) is 0 Å². The second kappa shape index (κ2) is 7.20. The van der Waals surface area contributed by atoms with Gasteiger partial charge >= 0.3 is 0 Å². The standard InChI is InChI=1S/C16H28O2Si/c1-13(11-12-19(2,3)4)9-10-16(18)14-7-5-6-8-15(14)17/h7,11,16,18H,5-6,8-10,12H2,1-4H3/b13-11+/t16-/m0/s1. The molecule has 0 saturated heterocycles. The molecular formula is C16H28O2Si. The molecular weight excluding hydrogens is 252 g/mol. The topological polar surface area (TPSA) is 37.3 Å². The number of aliphatic hydroxyl groups excluding tert-OH is 1. The molecule has 108 valence electrons. The third kappa shape index (κ3) is 6.35. The molecule has 0 aromatic carbocycles. The summed E-state index contributed by atoms with van der Waals surface area (Å²) in [7, 11) is -1.02. The van der Waals surface area contributed by atoms with E-state index in [4.69, 9.17) is 0 Å². The first-order chi connectivity index (χ1) is 8.79. The minimum absolute atomic E-state index is 0.141. The molecule has 0 spiro atoms. The van der Waals surface area contributed by atoms with Gasteiger partial charge in [-0.25, -0.2) is 0 Å². The summed E-state index contributed by atoms with van der Waals surface area (Å²) in [6.45, 7) is 9.20. The second-order valence-corrected chi connectivity index (χ2v) is 12.4. The molecule has 0 aliphatic heterocycles. The highest BCUT2D eigenvalue weighted by Gasteiger charge is 2.20. The Morgan fingerprint density at radius 1 is 1.47 bits per heavy atom. The molecule has 0 aromatic heterocycles. The molecule has 1 N–H and O–H groups in total. The molecule has 1 atom stereocenters. The molecule has 0 unspecified atom stereocenters. The van der Waals surface area contributed by atoms with Gasteiger partial charge in [-0.15, -0.1) is 0 Å². The van der Waals surface area contributed by atoms with Crippen molar-refractivity contribution in [1.29, 1.82) is 0 Å². The summed E-state index contributed by atoms with van der Waals surface area (Å²) in [5, 5.41) is 10.1. The normalized spacial score (nSPS) is 19.3. The van der Waals surface area contributed by atoms with Crippen molar-refractivity contribution in [1.82, 2.24) is 0 Å². The van der Waals surface area contributed by atoms with Gasteiger partial charge in [-0.3, -0.25) is 4.79 Å². The zero-order chi connectivity index (χ0) is 14.5. The quantitative estimate of drug-likeness (QED) is 0.587. The van der Waals surface area contributed by atoms with Crippen LogP contribution in [0.5, 0.6) is 0 Å². The minimum atomic E-state index is -1.02. The van der Waals surface area contributed by atoms with Gasteiger partial charge in [0.05, 0.1) is 6.10 Å². The summed E-state index contributed by atoms with van der Waals surface area (Å²) < 4.78 is 0. The van der Waals surface area contributed by atoms with Gasteiger partial charge in [-0.05, 0) is 38.7 Å². The first-order valence-electron chi connectivity index (χ1n) is 7.36. The molecule has 0 radical (unpaired) electrons. The Morgan fingerprint density at radius 3 is 2.74 bits per heavy atom. The number of allylic oxidation sites excluding steroid dienone is 3. The molecule has 0 saturated carbocycles. The highest BCUT2D eigenvalue weighted by molar-refractivity contribution is 6.76. The smallest absolute Gasteiger partial charge is 0.161 e. The van der Waals surface area contributed by atoms with Crippen molar-refractivity contribution < 1.29 is 9.90 Å². The minimum Gasteiger partial charge on any atom is -0.388 e. The number of hydrogen-bond donors (Lipinski definition) is 1. The van der Waals surface area contributed by atoms with Crippen molar-refractivity contribution in [2.75, 3.05) is 0 Å². The van der Waals surface area contributed by atoms with Gasteiger partial charge in [0, 0.05) is 20.1 Å². The van der Waals surface area contributed by atoms with Crippen LogP contribution in [-0.2, 0) is 4.79 Å². The van der Waals surface area contributed by atoms with E-state index in [2.05, 4.69) is 32.6 Å². The molecule has 0 aromatic rings. The fourth-order valence-corrected chi connectivity index (χ4v) is 3.16. The Balaban J connectivity index is 2.43. The second-order valence-electron chi connectivity index (χ2n) is 6.84. The lowest BCUT2D eigenvalue weighted by atomic mass is 9.91. The van der Waals surface area contributed by atoms with Crippen LogP contribution in [0.1, 0.15) is 39.0 Å². The number of Topliss-reactive ketones (excluding diaryl/α,β-unsaturated/α-hetero) is 1. The zero-order valence-electron chi connectivity index (χ0n) is 12.8. The molecule has 0 fully saturated rings. The Kier molecular flexibility index (Phi) is 6.21. The fraction of sp³-hybridized carbons (Fsp3) is 0.688. The highest BCUT2D eigenvalue weighted by Crippen LogP contribution is 2.21. The van der Waals surface area contributed by atoms with Crippen LogP contribution in [0.2, 0.25) is 25.7 Å². The average molecular weight is 280 g/mol. The summed E-state index contributed by atoms with van der Waals surface area (Å²) in [5.41, 5.74) is 1.99. The maximum Gasteiger partial charge on any atom is 0.161 e. The molecule has 1 rings (SSSR count). The third-order valence-electron chi connectivity index (χ3n) is 3.53. The van der Waals surface area contributed by atoms with E-state index in [1.807, 2.05) is 6.08 Å². The Bertz CT molecular complexity index is 375. The van der Waals surface area contributed by atoms with Gasteiger partial charge in [-0.2, -0.15) is 0 Å².